The Morgan fingerprint density at radius 1 is 1.72 bits per heavy atom. The van der Waals surface area contributed by atoms with E-state index in [1.807, 2.05) is 13.8 Å². The van der Waals surface area contributed by atoms with Crippen LogP contribution in [0.1, 0.15) is 26.7 Å². The zero-order valence-corrected chi connectivity index (χ0v) is 12.1. The number of aliphatic carboxylic acids is 1. The third kappa shape index (κ3) is 2.31. The van der Waals surface area contributed by atoms with Crippen LogP contribution in [0.3, 0.4) is 0 Å². The van der Waals surface area contributed by atoms with Gasteiger partial charge >= 0.3 is 5.97 Å². The van der Waals surface area contributed by atoms with Crippen LogP contribution in [0.15, 0.2) is 16.9 Å². The monoisotopic (exact) mass is 316 g/mol. The van der Waals surface area contributed by atoms with E-state index in [0.29, 0.717) is 25.4 Å². The molecule has 2 unspecified atom stereocenters. The van der Waals surface area contributed by atoms with Crippen molar-refractivity contribution in [2.24, 2.45) is 5.92 Å². The Kier molecular flexibility index (Phi) is 3.77. The third-order valence-electron chi connectivity index (χ3n) is 3.52. The Labute approximate surface area is 114 Å². The molecular weight excluding hydrogens is 300 g/mol. The first-order valence-electron chi connectivity index (χ1n) is 6.01. The van der Waals surface area contributed by atoms with Gasteiger partial charge in [0.2, 0.25) is 0 Å². The molecule has 0 amide bonds. The Hall–Kier alpha value is -0.880. The molecule has 1 N–H and O–H groups in total. The van der Waals surface area contributed by atoms with Crippen molar-refractivity contribution in [3.05, 3.63) is 16.9 Å². The van der Waals surface area contributed by atoms with Gasteiger partial charge in [0.15, 0.2) is 5.54 Å². The first-order valence-corrected chi connectivity index (χ1v) is 6.80. The molecular formula is C12H17BrN2O3. The van der Waals surface area contributed by atoms with Crippen molar-refractivity contribution >= 4 is 21.9 Å². The highest BCUT2D eigenvalue weighted by Crippen LogP contribution is 2.35. The largest absolute Gasteiger partial charge is 0.479 e. The molecule has 1 aromatic heterocycles. The van der Waals surface area contributed by atoms with Gasteiger partial charge in [-0.3, -0.25) is 4.68 Å². The standard InChI is InChI=1S/C12H17BrN2O3/c1-8(2)10-5-12(11(16)17,3-4-18-10)15-7-9(13)6-14-15/h6-8,10H,3-5H2,1-2H3,(H,16,17). The van der Waals surface area contributed by atoms with Crippen LogP contribution >= 0.6 is 15.9 Å². The second-order valence-electron chi connectivity index (χ2n) is 5.05. The van der Waals surface area contributed by atoms with Crippen LogP contribution in [0.4, 0.5) is 0 Å². The highest BCUT2D eigenvalue weighted by Gasteiger charge is 2.46. The lowest BCUT2D eigenvalue weighted by atomic mass is 9.83. The molecule has 1 aliphatic heterocycles. The van der Waals surface area contributed by atoms with Crippen molar-refractivity contribution in [2.75, 3.05) is 6.61 Å². The molecule has 0 aliphatic carbocycles. The Morgan fingerprint density at radius 3 is 2.94 bits per heavy atom. The number of carboxylic acids is 1. The maximum atomic E-state index is 11.7. The minimum Gasteiger partial charge on any atom is -0.479 e. The van der Waals surface area contributed by atoms with E-state index in [1.54, 1.807) is 17.1 Å². The normalized spacial score (nSPS) is 28.6. The van der Waals surface area contributed by atoms with Gasteiger partial charge in [-0.1, -0.05) is 13.8 Å². The van der Waals surface area contributed by atoms with E-state index in [0.717, 1.165) is 4.47 Å². The van der Waals surface area contributed by atoms with E-state index in [9.17, 15) is 9.90 Å². The van der Waals surface area contributed by atoms with Crippen LogP contribution in [0.25, 0.3) is 0 Å². The van der Waals surface area contributed by atoms with Gasteiger partial charge < -0.3 is 9.84 Å². The van der Waals surface area contributed by atoms with E-state index in [4.69, 9.17) is 4.74 Å². The summed E-state index contributed by atoms with van der Waals surface area (Å²) >= 11 is 3.31. The first kappa shape index (κ1) is 13.5. The molecule has 1 aliphatic rings. The number of nitrogens with zero attached hydrogens (tertiary/aromatic N) is 2. The molecule has 1 fully saturated rings. The maximum Gasteiger partial charge on any atom is 0.331 e. The molecule has 0 saturated carbocycles. The summed E-state index contributed by atoms with van der Waals surface area (Å²) in [4.78, 5) is 11.7. The second kappa shape index (κ2) is 5.01. The minimum atomic E-state index is -0.987. The quantitative estimate of drug-likeness (QED) is 0.929. The second-order valence-corrected chi connectivity index (χ2v) is 5.96. The van der Waals surface area contributed by atoms with Crippen LogP contribution in [0.2, 0.25) is 0 Å². The number of halogens is 1. The smallest absolute Gasteiger partial charge is 0.331 e. The molecule has 0 radical (unpaired) electrons. The third-order valence-corrected chi connectivity index (χ3v) is 3.93. The topological polar surface area (TPSA) is 64.3 Å². The molecule has 0 bridgehead atoms. The van der Waals surface area contributed by atoms with Crippen LogP contribution in [-0.4, -0.2) is 33.6 Å². The Bertz CT molecular complexity index is 446. The number of hydrogen-bond acceptors (Lipinski definition) is 3. The summed E-state index contributed by atoms with van der Waals surface area (Å²) in [7, 11) is 0. The minimum absolute atomic E-state index is 0.0437. The maximum absolute atomic E-state index is 11.7. The molecule has 2 atom stereocenters. The Morgan fingerprint density at radius 2 is 2.44 bits per heavy atom. The van der Waals surface area contributed by atoms with Crippen molar-refractivity contribution in [2.45, 2.75) is 38.3 Å². The van der Waals surface area contributed by atoms with Crippen LogP contribution in [0, 0.1) is 5.92 Å². The van der Waals surface area contributed by atoms with Gasteiger partial charge in [0.25, 0.3) is 0 Å². The molecule has 18 heavy (non-hydrogen) atoms. The van der Waals surface area contributed by atoms with Crippen molar-refractivity contribution in [3.8, 4) is 0 Å². The number of rotatable bonds is 3. The van der Waals surface area contributed by atoms with Gasteiger partial charge in [0.05, 0.1) is 16.8 Å². The fourth-order valence-corrected chi connectivity index (χ4v) is 2.62. The summed E-state index contributed by atoms with van der Waals surface area (Å²) in [5.41, 5.74) is -0.987. The van der Waals surface area contributed by atoms with E-state index in [1.165, 1.54) is 0 Å². The molecule has 0 aromatic carbocycles. The van der Waals surface area contributed by atoms with Crippen LogP contribution in [-0.2, 0) is 15.1 Å². The summed E-state index contributed by atoms with van der Waals surface area (Å²) in [6, 6.07) is 0. The average molecular weight is 317 g/mol. The summed E-state index contributed by atoms with van der Waals surface area (Å²) < 4.78 is 8.00. The number of hydrogen-bond donors (Lipinski definition) is 1. The lowest BCUT2D eigenvalue weighted by molar-refractivity contribution is -0.159. The summed E-state index contributed by atoms with van der Waals surface area (Å²) in [5, 5.41) is 13.8. The lowest BCUT2D eigenvalue weighted by Gasteiger charge is -2.39. The fraction of sp³-hybridized carbons (Fsp3) is 0.667. The van der Waals surface area contributed by atoms with Crippen molar-refractivity contribution in [1.29, 1.82) is 0 Å². The molecule has 5 nitrogen and oxygen atoms in total. The van der Waals surface area contributed by atoms with E-state index in [2.05, 4.69) is 21.0 Å². The van der Waals surface area contributed by atoms with Gasteiger partial charge in [0.1, 0.15) is 0 Å². The average Bonchev–Trinajstić information content (AvgIpc) is 2.76. The highest BCUT2D eigenvalue weighted by molar-refractivity contribution is 9.10. The van der Waals surface area contributed by atoms with Crippen molar-refractivity contribution in [1.82, 2.24) is 9.78 Å². The zero-order chi connectivity index (χ0) is 13.3. The van der Waals surface area contributed by atoms with Gasteiger partial charge in [0, 0.05) is 25.6 Å². The number of ether oxygens (including phenoxy) is 1. The number of carbonyl (C=O) groups is 1. The van der Waals surface area contributed by atoms with Gasteiger partial charge in [-0.25, -0.2) is 4.79 Å². The van der Waals surface area contributed by atoms with Crippen LogP contribution in [0.5, 0.6) is 0 Å². The lowest BCUT2D eigenvalue weighted by Crippen LogP contribution is -2.50. The summed E-state index contributed by atoms with van der Waals surface area (Å²) in [5.74, 6) is -0.546. The van der Waals surface area contributed by atoms with Crippen LogP contribution < -0.4 is 0 Å². The first-order chi connectivity index (χ1) is 8.45. The molecule has 2 rings (SSSR count). The molecule has 1 saturated heterocycles. The summed E-state index contributed by atoms with van der Waals surface area (Å²) in [6.45, 7) is 4.54. The predicted molar refractivity (Wildman–Crippen MR) is 69.3 cm³/mol. The van der Waals surface area contributed by atoms with E-state index in [-0.39, 0.29) is 6.10 Å². The highest BCUT2D eigenvalue weighted by atomic mass is 79.9. The van der Waals surface area contributed by atoms with E-state index >= 15 is 0 Å². The van der Waals surface area contributed by atoms with Gasteiger partial charge in [-0.05, 0) is 21.8 Å². The summed E-state index contributed by atoms with van der Waals surface area (Å²) in [6.07, 6.45) is 4.19. The zero-order valence-electron chi connectivity index (χ0n) is 10.5. The SMILES string of the molecule is CC(C)C1CC(C(=O)O)(n2cc(Br)cn2)CCO1. The number of aromatic nitrogens is 2. The van der Waals surface area contributed by atoms with Gasteiger partial charge in [-0.2, -0.15) is 5.10 Å². The molecule has 6 heteroatoms. The van der Waals surface area contributed by atoms with E-state index < -0.39 is 11.5 Å². The van der Waals surface area contributed by atoms with Gasteiger partial charge in [-0.15, -0.1) is 0 Å². The molecule has 100 valence electrons. The number of carboxylic acid groups (broad SMARTS) is 1. The Balaban J connectivity index is 2.35. The molecule has 0 spiro atoms. The van der Waals surface area contributed by atoms with Crippen molar-refractivity contribution < 1.29 is 14.6 Å². The molecule has 1 aromatic rings. The fourth-order valence-electron chi connectivity index (χ4n) is 2.34. The van der Waals surface area contributed by atoms with Crippen molar-refractivity contribution in [3.63, 3.8) is 0 Å². The molecule has 2 heterocycles. The predicted octanol–water partition coefficient (Wildman–Crippen LogP) is 2.26.